The Hall–Kier alpha value is -2.29. The van der Waals surface area contributed by atoms with Crippen LogP contribution in [0.25, 0.3) is 10.9 Å². The molecule has 0 atom stereocenters. The number of aromatic amines is 1. The maximum Gasteiger partial charge on any atom is 0.172 e. The van der Waals surface area contributed by atoms with Crippen molar-refractivity contribution in [3.8, 4) is 5.75 Å². The number of rotatable bonds is 4. The molecule has 2 aromatic heterocycles. The average molecular weight is 253 g/mol. The molecule has 0 spiro atoms. The van der Waals surface area contributed by atoms with E-state index in [1.165, 1.54) is 16.5 Å². The Bertz CT molecular complexity index is 671. The molecule has 0 aliphatic carbocycles. The van der Waals surface area contributed by atoms with E-state index in [9.17, 15) is 0 Å². The molecule has 0 amide bonds. The summed E-state index contributed by atoms with van der Waals surface area (Å²) in [4.78, 5) is 3.31. The number of aryl methyl sites for hydroxylation is 2. The summed E-state index contributed by atoms with van der Waals surface area (Å²) < 4.78 is 7.33. The van der Waals surface area contributed by atoms with Gasteiger partial charge in [0.2, 0.25) is 0 Å². The highest BCUT2D eigenvalue weighted by Crippen LogP contribution is 2.17. The van der Waals surface area contributed by atoms with E-state index in [2.05, 4.69) is 40.0 Å². The number of H-pyrrole nitrogens is 1. The Labute approximate surface area is 112 Å². The van der Waals surface area contributed by atoms with Crippen LogP contribution in [0.4, 0.5) is 0 Å². The SMILES string of the molecule is COc1cc[n+](CCc2c[nH]c3ccccc23)cc1. The highest BCUT2D eigenvalue weighted by Gasteiger charge is 2.06. The lowest BCUT2D eigenvalue weighted by Crippen LogP contribution is -2.33. The quantitative estimate of drug-likeness (QED) is 0.712. The first-order valence-electron chi connectivity index (χ1n) is 6.45. The minimum absolute atomic E-state index is 0.892. The summed E-state index contributed by atoms with van der Waals surface area (Å²) in [6, 6.07) is 12.4. The van der Waals surface area contributed by atoms with E-state index in [1.807, 2.05) is 24.5 Å². The van der Waals surface area contributed by atoms with Crippen molar-refractivity contribution >= 4 is 10.9 Å². The van der Waals surface area contributed by atoms with Gasteiger partial charge >= 0.3 is 0 Å². The van der Waals surface area contributed by atoms with Crippen molar-refractivity contribution in [1.29, 1.82) is 0 Å². The molecule has 2 heterocycles. The molecular weight excluding hydrogens is 236 g/mol. The van der Waals surface area contributed by atoms with Gasteiger partial charge in [0, 0.05) is 35.7 Å². The number of benzene rings is 1. The van der Waals surface area contributed by atoms with Gasteiger partial charge in [-0.15, -0.1) is 0 Å². The van der Waals surface area contributed by atoms with Crippen LogP contribution in [0.15, 0.2) is 55.0 Å². The molecular formula is C16H17N2O+. The summed E-state index contributed by atoms with van der Waals surface area (Å²) in [6.07, 6.45) is 7.22. The fourth-order valence-electron chi connectivity index (χ4n) is 2.32. The van der Waals surface area contributed by atoms with E-state index in [1.54, 1.807) is 7.11 Å². The van der Waals surface area contributed by atoms with Crippen molar-refractivity contribution in [2.24, 2.45) is 0 Å². The molecule has 96 valence electrons. The molecule has 1 N–H and O–H groups in total. The topological polar surface area (TPSA) is 28.9 Å². The molecule has 3 heteroatoms. The van der Waals surface area contributed by atoms with Crippen molar-refractivity contribution in [3.05, 3.63) is 60.6 Å². The van der Waals surface area contributed by atoms with Crippen LogP contribution in [0.3, 0.4) is 0 Å². The Morgan fingerprint density at radius 2 is 1.89 bits per heavy atom. The van der Waals surface area contributed by atoms with Gasteiger partial charge in [-0.3, -0.25) is 0 Å². The average Bonchev–Trinajstić information content (AvgIpc) is 2.89. The standard InChI is InChI=1S/C16H17N2O/c1-19-14-7-10-18(11-8-14)9-6-13-12-17-16-5-3-2-4-15(13)16/h2-5,7-8,10-12,17H,6,9H2,1H3/q+1. The predicted molar refractivity (Wildman–Crippen MR) is 75.2 cm³/mol. The van der Waals surface area contributed by atoms with Crippen LogP contribution in [0.2, 0.25) is 0 Å². The second-order valence-electron chi connectivity index (χ2n) is 4.59. The second kappa shape index (κ2) is 5.14. The molecule has 19 heavy (non-hydrogen) atoms. The lowest BCUT2D eigenvalue weighted by atomic mass is 10.1. The summed E-state index contributed by atoms with van der Waals surface area (Å²) in [6.45, 7) is 0.964. The molecule has 0 saturated heterocycles. The van der Waals surface area contributed by atoms with E-state index in [-0.39, 0.29) is 0 Å². The smallest absolute Gasteiger partial charge is 0.172 e. The lowest BCUT2D eigenvalue weighted by Gasteiger charge is -1.99. The molecule has 3 aromatic rings. The zero-order chi connectivity index (χ0) is 13.1. The molecule has 0 radical (unpaired) electrons. The summed E-state index contributed by atoms with van der Waals surface area (Å²) in [7, 11) is 1.69. The third-order valence-corrected chi connectivity index (χ3v) is 3.41. The Morgan fingerprint density at radius 1 is 1.11 bits per heavy atom. The lowest BCUT2D eigenvalue weighted by molar-refractivity contribution is -0.696. The second-order valence-corrected chi connectivity index (χ2v) is 4.59. The Morgan fingerprint density at radius 3 is 2.68 bits per heavy atom. The number of para-hydroxylation sites is 1. The normalized spacial score (nSPS) is 10.8. The van der Waals surface area contributed by atoms with Crippen LogP contribution >= 0.6 is 0 Å². The first kappa shape index (κ1) is 11.8. The van der Waals surface area contributed by atoms with Crippen molar-refractivity contribution < 1.29 is 9.30 Å². The molecule has 3 nitrogen and oxygen atoms in total. The number of methoxy groups -OCH3 is 1. The maximum absolute atomic E-state index is 5.16. The molecule has 0 bridgehead atoms. The van der Waals surface area contributed by atoms with Gasteiger partial charge in [0.05, 0.1) is 7.11 Å². The Kier molecular flexibility index (Phi) is 3.19. The first-order chi connectivity index (χ1) is 9.36. The van der Waals surface area contributed by atoms with Crippen LogP contribution in [-0.2, 0) is 13.0 Å². The van der Waals surface area contributed by atoms with Gasteiger partial charge in [0.15, 0.2) is 18.9 Å². The van der Waals surface area contributed by atoms with Crippen LogP contribution < -0.4 is 9.30 Å². The van der Waals surface area contributed by atoms with E-state index >= 15 is 0 Å². The van der Waals surface area contributed by atoms with Crippen molar-refractivity contribution in [3.63, 3.8) is 0 Å². The van der Waals surface area contributed by atoms with Gasteiger partial charge in [0.1, 0.15) is 5.75 Å². The number of pyridine rings is 1. The number of aromatic nitrogens is 2. The minimum Gasteiger partial charge on any atom is -0.496 e. The molecule has 0 fully saturated rings. The number of hydrogen-bond acceptors (Lipinski definition) is 1. The van der Waals surface area contributed by atoms with E-state index < -0.39 is 0 Å². The van der Waals surface area contributed by atoms with Gasteiger partial charge in [-0.2, -0.15) is 0 Å². The van der Waals surface area contributed by atoms with Crippen LogP contribution in [0.1, 0.15) is 5.56 Å². The van der Waals surface area contributed by atoms with Crippen LogP contribution in [0.5, 0.6) is 5.75 Å². The number of ether oxygens (including phenoxy) is 1. The highest BCUT2D eigenvalue weighted by molar-refractivity contribution is 5.82. The fraction of sp³-hybridized carbons (Fsp3) is 0.188. The molecule has 0 unspecified atom stereocenters. The molecule has 0 aliphatic rings. The van der Waals surface area contributed by atoms with Crippen molar-refractivity contribution in [2.45, 2.75) is 13.0 Å². The van der Waals surface area contributed by atoms with Gasteiger partial charge in [-0.05, 0) is 11.6 Å². The number of nitrogens with zero attached hydrogens (tertiary/aromatic N) is 1. The van der Waals surface area contributed by atoms with Gasteiger partial charge in [0.25, 0.3) is 0 Å². The Balaban J connectivity index is 1.74. The fourth-order valence-corrected chi connectivity index (χ4v) is 2.32. The third kappa shape index (κ3) is 2.45. The molecule has 0 aliphatic heterocycles. The maximum atomic E-state index is 5.16. The first-order valence-corrected chi connectivity index (χ1v) is 6.45. The summed E-state index contributed by atoms with van der Waals surface area (Å²) >= 11 is 0. The van der Waals surface area contributed by atoms with E-state index in [4.69, 9.17) is 4.74 Å². The van der Waals surface area contributed by atoms with E-state index in [0.717, 1.165) is 18.7 Å². The largest absolute Gasteiger partial charge is 0.496 e. The van der Waals surface area contributed by atoms with Gasteiger partial charge in [-0.1, -0.05) is 18.2 Å². The zero-order valence-electron chi connectivity index (χ0n) is 11.0. The number of fused-ring (bicyclic) bond motifs is 1. The monoisotopic (exact) mass is 253 g/mol. The predicted octanol–water partition coefficient (Wildman–Crippen LogP) is 2.71. The molecule has 3 rings (SSSR count). The van der Waals surface area contributed by atoms with E-state index in [0.29, 0.717) is 0 Å². The van der Waals surface area contributed by atoms with Gasteiger partial charge in [-0.25, -0.2) is 4.57 Å². The number of hydrogen-bond donors (Lipinski definition) is 1. The summed E-state index contributed by atoms with van der Waals surface area (Å²) in [5, 5.41) is 1.32. The van der Waals surface area contributed by atoms with Crippen LogP contribution in [-0.4, -0.2) is 12.1 Å². The van der Waals surface area contributed by atoms with Crippen LogP contribution in [0, 0.1) is 0 Å². The third-order valence-electron chi connectivity index (χ3n) is 3.41. The minimum atomic E-state index is 0.892. The van der Waals surface area contributed by atoms with Gasteiger partial charge < -0.3 is 9.72 Å². The van der Waals surface area contributed by atoms with Crippen molar-refractivity contribution in [2.75, 3.05) is 7.11 Å². The zero-order valence-corrected chi connectivity index (χ0v) is 11.0. The summed E-state index contributed by atoms with van der Waals surface area (Å²) in [5.41, 5.74) is 2.57. The highest BCUT2D eigenvalue weighted by atomic mass is 16.5. The van der Waals surface area contributed by atoms with Crippen molar-refractivity contribution in [1.82, 2.24) is 4.98 Å². The summed E-state index contributed by atoms with van der Waals surface area (Å²) in [5.74, 6) is 0.892. The molecule has 0 saturated carbocycles. The molecule has 1 aromatic carbocycles. The number of nitrogens with one attached hydrogen (secondary N) is 1.